The average Bonchev–Trinajstić information content (AvgIpc) is 3.28. The monoisotopic (exact) mass is 370 g/mol. The van der Waals surface area contributed by atoms with Gasteiger partial charge < -0.3 is 9.47 Å². The van der Waals surface area contributed by atoms with Crippen molar-refractivity contribution >= 4 is 16.1 Å². The molecule has 1 saturated carbocycles. The van der Waals surface area contributed by atoms with Crippen LogP contribution in [-0.4, -0.2) is 36.4 Å². The lowest BCUT2D eigenvalue weighted by Crippen LogP contribution is -2.36. The van der Waals surface area contributed by atoms with Gasteiger partial charge in [-0.05, 0) is 39.2 Å². The van der Waals surface area contributed by atoms with E-state index in [9.17, 15) is 17.8 Å². The Bertz CT molecular complexity index is 686. The van der Waals surface area contributed by atoms with Crippen LogP contribution in [0.5, 0.6) is 0 Å². The van der Waals surface area contributed by atoms with Crippen molar-refractivity contribution in [3.63, 3.8) is 0 Å². The predicted molar refractivity (Wildman–Crippen MR) is 93.6 cm³/mol. The lowest BCUT2D eigenvalue weighted by atomic mass is 9.97. The minimum atomic E-state index is -4.18. The van der Waals surface area contributed by atoms with Crippen molar-refractivity contribution in [1.29, 1.82) is 0 Å². The van der Waals surface area contributed by atoms with E-state index in [0.717, 1.165) is 5.56 Å². The molecule has 1 unspecified atom stereocenters. The summed E-state index contributed by atoms with van der Waals surface area (Å²) < 4.78 is 42.6. The number of carbonyl (C=O) groups is 1. The first-order chi connectivity index (χ1) is 11.5. The van der Waals surface area contributed by atoms with E-state index >= 15 is 0 Å². The van der Waals surface area contributed by atoms with Gasteiger partial charge in [0.15, 0.2) is 0 Å². The van der Waals surface area contributed by atoms with Gasteiger partial charge in [-0.1, -0.05) is 30.3 Å². The minimum absolute atomic E-state index is 0.0441. The highest BCUT2D eigenvalue weighted by atomic mass is 32.2. The van der Waals surface area contributed by atoms with Gasteiger partial charge in [0.1, 0.15) is 10.9 Å². The zero-order valence-corrected chi connectivity index (χ0v) is 15.7. The molecule has 140 valence electrons. The summed E-state index contributed by atoms with van der Waals surface area (Å²) in [5.41, 5.74) is 0.270. The second-order valence-electron chi connectivity index (χ2n) is 7.64. The first kappa shape index (κ1) is 19.9. The molecule has 0 aromatic heterocycles. The van der Waals surface area contributed by atoms with Gasteiger partial charge in [0.25, 0.3) is 10.1 Å². The molecule has 1 aromatic rings. The SMILES string of the molecule is CC(C)(C)C(=O)OC(COCc1ccccc1)CC1(S(=O)(=O)O)CC1. The quantitative estimate of drug-likeness (QED) is 0.559. The largest absolute Gasteiger partial charge is 0.459 e. The molecule has 1 aliphatic rings. The van der Waals surface area contributed by atoms with Crippen LogP contribution in [0.1, 0.15) is 45.6 Å². The standard InChI is InChI=1S/C18H26O6S/c1-17(2,3)16(19)24-15(11-18(9-10-18)25(20,21)22)13-23-12-14-7-5-4-6-8-14/h4-8,15H,9-13H2,1-3H3,(H,20,21,22). The summed E-state index contributed by atoms with van der Waals surface area (Å²) in [5.74, 6) is -0.424. The molecule has 1 fully saturated rings. The van der Waals surface area contributed by atoms with Gasteiger partial charge >= 0.3 is 5.97 Å². The van der Waals surface area contributed by atoms with Crippen LogP contribution in [0.4, 0.5) is 0 Å². The van der Waals surface area contributed by atoms with Crippen molar-refractivity contribution in [3.05, 3.63) is 35.9 Å². The Morgan fingerprint density at radius 3 is 2.32 bits per heavy atom. The Labute approximate surface area is 149 Å². The van der Waals surface area contributed by atoms with Crippen molar-refractivity contribution in [2.45, 2.75) is 57.5 Å². The second-order valence-corrected chi connectivity index (χ2v) is 9.46. The molecule has 1 N–H and O–H groups in total. The van der Waals surface area contributed by atoms with E-state index in [0.29, 0.717) is 19.4 Å². The highest BCUT2D eigenvalue weighted by Crippen LogP contribution is 2.47. The molecule has 0 radical (unpaired) electrons. The lowest BCUT2D eigenvalue weighted by Gasteiger charge is -2.25. The van der Waals surface area contributed by atoms with Crippen molar-refractivity contribution in [2.24, 2.45) is 5.41 Å². The molecule has 0 spiro atoms. The van der Waals surface area contributed by atoms with Crippen molar-refractivity contribution in [2.75, 3.05) is 6.61 Å². The summed E-state index contributed by atoms with van der Waals surface area (Å²) in [4.78, 5) is 12.2. The van der Waals surface area contributed by atoms with Crippen LogP contribution in [0.15, 0.2) is 30.3 Å². The third kappa shape index (κ3) is 5.52. The van der Waals surface area contributed by atoms with E-state index in [1.165, 1.54) is 0 Å². The molecule has 0 amide bonds. The number of benzene rings is 1. The smallest absolute Gasteiger partial charge is 0.311 e. The van der Waals surface area contributed by atoms with Gasteiger partial charge in [-0.25, -0.2) is 0 Å². The fourth-order valence-electron chi connectivity index (χ4n) is 2.47. The van der Waals surface area contributed by atoms with Gasteiger partial charge in [-0.2, -0.15) is 8.42 Å². The zero-order chi connectivity index (χ0) is 18.7. The molecule has 0 saturated heterocycles. The molecule has 6 nitrogen and oxygen atoms in total. The summed E-state index contributed by atoms with van der Waals surface area (Å²) in [6.45, 7) is 5.60. The van der Waals surface area contributed by atoms with Crippen LogP contribution in [0, 0.1) is 5.41 Å². The van der Waals surface area contributed by atoms with Crippen molar-refractivity contribution < 1.29 is 27.2 Å². The van der Waals surface area contributed by atoms with E-state index in [2.05, 4.69) is 0 Å². The summed E-state index contributed by atoms with van der Waals surface area (Å²) in [7, 11) is -4.18. The normalized spacial score (nSPS) is 17.8. The number of ether oxygens (including phenoxy) is 2. The zero-order valence-electron chi connectivity index (χ0n) is 14.9. The number of hydrogen-bond acceptors (Lipinski definition) is 5. The summed E-state index contributed by atoms with van der Waals surface area (Å²) in [5, 5.41) is 0. The van der Waals surface area contributed by atoms with Crippen LogP contribution in [0.25, 0.3) is 0 Å². The van der Waals surface area contributed by atoms with Crippen LogP contribution in [0.3, 0.4) is 0 Å². The Morgan fingerprint density at radius 2 is 1.84 bits per heavy atom. The summed E-state index contributed by atoms with van der Waals surface area (Å²) in [6.07, 6.45) is 0.0600. The molecular formula is C18H26O6S. The summed E-state index contributed by atoms with van der Waals surface area (Å²) >= 11 is 0. The molecule has 0 heterocycles. The maximum absolute atomic E-state index is 12.2. The third-order valence-corrected chi connectivity index (χ3v) is 5.93. The fourth-order valence-corrected chi connectivity index (χ4v) is 3.48. The highest BCUT2D eigenvalue weighted by molar-refractivity contribution is 7.87. The first-order valence-electron chi connectivity index (χ1n) is 8.33. The third-order valence-electron chi connectivity index (χ3n) is 4.26. The van der Waals surface area contributed by atoms with E-state index in [4.69, 9.17) is 9.47 Å². The Balaban J connectivity index is 2.00. The molecular weight excluding hydrogens is 344 g/mol. The molecule has 1 aromatic carbocycles. The van der Waals surface area contributed by atoms with Crippen LogP contribution in [-0.2, 0) is 31.0 Å². The van der Waals surface area contributed by atoms with E-state index < -0.39 is 32.4 Å². The number of rotatable bonds is 8. The first-order valence-corrected chi connectivity index (χ1v) is 9.77. The Morgan fingerprint density at radius 1 is 1.24 bits per heavy atom. The fraction of sp³-hybridized carbons (Fsp3) is 0.611. The number of hydrogen-bond donors (Lipinski definition) is 1. The molecule has 1 aliphatic carbocycles. The van der Waals surface area contributed by atoms with Gasteiger partial charge in [-0.3, -0.25) is 9.35 Å². The van der Waals surface area contributed by atoms with Gasteiger partial charge in [-0.15, -0.1) is 0 Å². The molecule has 0 aliphatic heterocycles. The summed E-state index contributed by atoms with van der Waals surface area (Å²) in [6, 6.07) is 9.52. The van der Waals surface area contributed by atoms with Crippen LogP contribution >= 0.6 is 0 Å². The van der Waals surface area contributed by atoms with Crippen molar-refractivity contribution in [1.82, 2.24) is 0 Å². The van der Waals surface area contributed by atoms with E-state index in [1.54, 1.807) is 20.8 Å². The molecule has 2 rings (SSSR count). The molecule has 1 atom stereocenters. The van der Waals surface area contributed by atoms with Crippen LogP contribution < -0.4 is 0 Å². The Kier molecular flexibility index (Phi) is 5.91. The number of carbonyl (C=O) groups excluding carboxylic acids is 1. The second kappa shape index (κ2) is 7.43. The van der Waals surface area contributed by atoms with E-state index in [1.807, 2.05) is 30.3 Å². The lowest BCUT2D eigenvalue weighted by molar-refractivity contribution is -0.162. The maximum Gasteiger partial charge on any atom is 0.311 e. The van der Waals surface area contributed by atoms with E-state index in [-0.39, 0.29) is 13.0 Å². The van der Waals surface area contributed by atoms with Gasteiger partial charge in [0, 0.05) is 6.42 Å². The molecule has 25 heavy (non-hydrogen) atoms. The predicted octanol–water partition coefficient (Wildman–Crippen LogP) is 2.97. The molecule has 7 heteroatoms. The maximum atomic E-state index is 12.2. The topological polar surface area (TPSA) is 89.9 Å². The van der Waals surface area contributed by atoms with Gasteiger partial charge in [0.2, 0.25) is 0 Å². The Hall–Kier alpha value is -1.44. The minimum Gasteiger partial charge on any atom is -0.459 e. The average molecular weight is 370 g/mol. The highest BCUT2D eigenvalue weighted by Gasteiger charge is 2.55. The molecule has 0 bridgehead atoms. The number of esters is 1. The van der Waals surface area contributed by atoms with Crippen LogP contribution in [0.2, 0.25) is 0 Å². The van der Waals surface area contributed by atoms with Gasteiger partial charge in [0.05, 0.1) is 18.6 Å². The van der Waals surface area contributed by atoms with Crippen molar-refractivity contribution in [3.8, 4) is 0 Å².